The molecule has 0 radical (unpaired) electrons. The number of rotatable bonds is 6. The Labute approximate surface area is 178 Å². The molecule has 9 nitrogen and oxygen atoms in total. The SMILES string of the molecule is Cn1nccc1Nc1nccc(-c2ccc(NC(=O)Cc3cccnc3)c(C#N)c2)n1. The Morgan fingerprint density at radius 1 is 1.16 bits per heavy atom. The number of nitrogens with one attached hydrogen (secondary N) is 2. The van der Waals surface area contributed by atoms with E-state index in [0.29, 0.717) is 22.9 Å². The molecule has 3 aromatic heterocycles. The lowest BCUT2D eigenvalue weighted by Crippen LogP contribution is -2.15. The van der Waals surface area contributed by atoms with E-state index < -0.39 is 0 Å². The van der Waals surface area contributed by atoms with Gasteiger partial charge < -0.3 is 10.6 Å². The van der Waals surface area contributed by atoms with Crippen molar-refractivity contribution in [2.45, 2.75) is 6.42 Å². The van der Waals surface area contributed by atoms with Gasteiger partial charge in [-0.1, -0.05) is 12.1 Å². The molecule has 0 fully saturated rings. The van der Waals surface area contributed by atoms with Crippen molar-refractivity contribution in [3.05, 3.63) is 78.4 Å². The Balaban J connectivity index is 1.53. The van der Waals surface area contributed by atoms with Gasteiger partial charge in [0.15, 0.2) is 0 Å². The van der Waals surface area contributed by atoms with Gasteiger partial charge in [-0.05, 0) is 29.8 Å². The van der Waals surface area contributed by atoms with Crippen LogP contribution in [0.4, 0.5) is 17.5 Å². The van der Waals surface area contributed by atoms with Crippen LogP contribution in [0.3, 0.4) is 0 Å². The van der Waals surface area contributed by atoms with Crippen molar-refractivity contribution in [2.24, 2.45) is 7.05 Å². The summed E-state index contributed by atoms with van der Waals surface area (Å²) in [5.41, 5.74) is 2.96. The second kappa shape index (κ2) is 8.84. The first-order valence-corrected chi connectivity index (χ1v) is 9.44. The van der Waals surface area contributed by atoms with E-state index in [1.54, 1.807) is 59.8 Å². The molecule has 4 rings (SSSR count). The molecule has 2 N–H and O–H groups in total. The van der Waals surface area contributed by atoms with Crippen LogP contribution >= 0.6 is 0 Å². The van der Waals surface area contributed by atoms with Crippen LogP contribution in [0.15, 0.2) is 67.3 Å². The number of anilines is 3. The van der Waals surface area contributed by atoms with Crippen molar-refractivity contribution in [2.75, 3.05) is 10.6 Å². The third-order valence-electron chi connectivity index (χ3n) is 4.51. The van der Waals surface area contributed by atoms with Gasteiger partial charge in [0, 0.05) is 37.3 Å². The van der Waals surface area contributed by atoms with E-state index in [1.165, 1.54) is 0 Å². The number of hydrogen-bond donors (Lipinski definition) is 2. The molecule has 31 heavy (non-hydrogen) atoms. The molecule has 0 aliphatic heterocycles. The monoisotopic (exact) mass is 410 g/mol. The van der Waals surface area contributed by atoms with Gasteiger partial charge in [-0.2, -0.15) is 10.4 Å². The topological polar surface area (TPSA) is 121 Å². The third kappa shape index (κ3) is 4.71. The average Bonchev–Trinajstić information content (AvgIpc) is 3.19. The number of hydrogen-bond acceptors (Lipinski definition) is 7. The number of carbonyl (C=O) groups is 1. The van der Waals surface area contributed by atoms with Crippen molar-refractivity contribution < 1.29 is 4.79 Å². The van der Waals surface area contributed by atoms with Crippen LogP contribution < -0.4 is 10.6 Å². The van der Waals surface area contributed by atoms with Crippen molar-refractivity contribution in [1.82, 2.24) is 24.7 Å². The fourth-order valence-corrected chi connectivity index (χ4v) is 2.98. The number of amides is 1. The summed E-state index contributed by atoms with van der Waals surface area (Å²) in [6, 6.07) is 14.5. The van der Waals surface area contributed by atoms with Crippen molar-refractivity contribution in [1.29, 1.82) is 5.26 Å². The quantitative estimate of drug-likeness (QED) is 0.501. The summed E-state index contributed by atoms with van der Waals surface area (Å²) in [6.07, 6.45) is 6.78. The lowest BCUT2D eigenvalue weighted by atomic mass is 10.1. The summed E-state index contributed by atoms with van der Waals surface area (Å²) in [4.78, 5) is 25.1. The minimum atomic E-state index is -0.220. The number of nitrogens with zero attached hydrogens (tertiary/aromatic N) is 6. The Hall–Kier alpha value is -4.58. The van der Waals surface area contributed by atoms with Gasteiger partial charge in [-0.25, -0.2) is 9.97 Å². The van der Waals surface area contributed by atoms with Crippen LogP contribution in [-0.4, -0.2) is 30.6 Å². The molecule has 0 spiro atoms. The Morgan fingerprint density at radius 3 is 2.81 bits per heavy atom. The highest BCUT2D eigenvalue weighted by Crippen LogP contribution is 2.25. The van der Waals surface area contributed by atoms with Crippen molar-refractivity contribution >= 4 is 23.4 Å². The Kier molecular flexibility index (Phi) is 5.62. The smallest absolute Gasteiger partial charge is 0.228 e. The van der Waals surface area contributed by atoms with Crippen LogP contribution in [0, 0.1) is 11.3 Å². The zero-order valence-corrected chi connectivity index (χ0v) is 16.6. The van der Waals surface area contributed by atoms with Crippen LogP contribution in [-0.2, 0) is 18.3 Å². The summed E-state index contributed by atoms with van der Waals surface area (Å²) >= 11 is 0. The Bertz CT molecular complexity index is 1260. The molecular weight excluding hydrogens is 392 g/mol. The molecule has 9 heteroatoms. The number of aromatic nitrogens is 5. The van der Waals surface area contributed by atoms with Crippen molar-refractivity contribution in [3.8, 4) is 17.3 Å². The predicted octanol–water partition coefficient (Wildman–Crippen LogP) is 3.07. The molecular formula is C22H18N8O. The molecule has 3 heterocycles. The summed E-state index contributed by atoms with van der Waals surface area (Å²) in [7, 11) is 1.81. The molecule has 152 valence electrons. The molecule has 0 bridgehead atoms. The van der Waals surface area contributed by atoms with E-state index in [-0.39, 0.29) is 12.3 Å². The predicted molar refractivity (Wildman–Crippen MR) is 115 cm³/mol. The second-order valence-corrected chi connectivity index (χ2v) is 6.69. The summed E-state index contributed by atoms with van der Waals surface area (Å²) in [6.45, 7) is 0. The fourth-order valence-electron chi connectivity index (χ4n) is 2.98. The standard InChI is InChI=1S/C22H18N8O/c1-30-20(7-10-26-30)29-22-25-9-6-19(28-22)16-4-5-18(17(12-16)13-23)27-21(31)11-15-3-2-8-24-14-15/h2-10,12,14H,11H2,1H3,(H,27,31)(H,25,28,29). The van der Waals surface area contributed by atoms with E-state index >= 15 is 0 Å². The van der Waals surface area contributed by atoms with Crippen molar-refractivity contribution in [3.63, 3.8) is 0 Å². The van der Waals surface area contributed by atoms with Gasteiger partial charge in [-0.3, -0.25) is 14.5 Å². The minimum absolute atomic E-state index is 0.176. The first-order valence-electron chi connectivity index (χ1n) is 9.44. The maximum Gasteiger partial charge on any atom is 0.228 e. The molecule has 0 aliphatic rings. The van der Waals surface area contributed by atoms with Gasteiger partial charge >= 0.3 is 0 Å². The van der Waals surface area contributed by atoms with E-state index in [0.717, 1.165) is 16.9 Å². The number of nitriles is 1. The zero-order valence-electron chi connectivity index (χ0n) is 16.6. The van der Waals surface area contributed by atoms with Gasteiger partial charge in [0.1, 0.15) is 11.9 Å². The molecule has 1 aromatic carbocycles. The van der Waals surface area contributed by atoms with E-state index in [9.17, 15) is 10.1 Å². The summed E-state index contributed by atoms with van der Waals surface area (Å²) in [5.74, 6) is 0.942. The normalized spacial score (nSPS) is 10.3. The van der Waals surface area contributed by atoms with Crippen LogP contribution in [0.25, 0.3) is 11.3 Å². The molecule has 1 amide bonds. The Morgan fingerprint density at radius 2 is 2.06 bits per heavy atom. The molecule has 0 aliphatic carbocycles. The summed E-state index contributed by atoms with van der Waals surface area (Å²) < 4.78 is 1.67. The first-order chi connectivity index (χ1) is 15.1. The van der Waals surface area contributed by atoms with Gasteiger partial charge in [-0.15, -0.1) is 0 Å². The molecule has 0 atom stereocenters. The van der Waals surface area contributed by atoms with Crippen LogP contribution in [0.1, 0.15) is 11.1 Å². The minimum Gasteiger partial charge on any atom is -0.325 e. The van der Waals surface area contributed by atoms with Gasteiger partial charge in [0.25, 0.3) is 0 Å². The van der Waals surface area contributed by atoms with E-state index in [4.69, 9.17) is 0 Å². The molecule has 0 saturated heterocycles. The van der Waals surface area contributed by atoms with Crippen LogP contribution in [0.5, 0.6) is 0 Å². The number of carbonyl (C=O) groups excluding carboxylic acids is 1. The highest BCUT2D eigenvalue weighted by Gasteiger charge is 2.11. The maximum atomic E-state index is 12.3. The number of pyridine rings is 1. The number of aryl methyl sites for hydroxylation is 1. The van der Waals surface area contributed by atoms with Gasteiger partial charge in [0.2, 0.25) is 11.9 Å². The molecule has 0 saturated carbocycles. The fraction of sp³-hybridized carbons (Fsp3) is 0.0909. The van der Waals surface area contributed by atoms with E-state index in [2.05, 4.69) is 36.8 Å². The lowest BCUT2D eigenvalue weighted by Gasteiger charge is -2.10. The number of benzene rings is 1. The highest BCUT2D eigenvalue weighted by atomic mass is 16.1. The zero-order chi connectivity index (χ0) is 21.6. The largest absolute Gasteiger partial charge is 0.325 e. The molecule has 4 aromatic rings. The van der Waals surface area contributed by atoms with E-state index in [1.807, 2.05) is 19.2 Å². The average molecular weight is 410 g/mol. The van der Waals surface area contributed by atoms with Gasteiger partial charge in [0.05, 0.1) is 29.6 Å². The first kappa shape index (κ1) is 19.7. The maximum absolute atomic E-state index is 12.3. The second-order valence-electron chi connectivity index (χ2n) is 6.69. The summed E-state index contributed by atoms with van der Waals surface area (Å²) in [5, 5.41) is 19.6. The third-order valence-corrected chi connectivity index (χ3v) is 4.51. The lowest BCUT2D eigenvalue weighted by molar-refractivity contribution is -0.115. The highest BCUT2D eigenvalue weighted by molar-refractivity contribution is 5.94. The molecule has 0 unspecified atom stereocenters. The van der Waals surface area contributed by atoms with Crippen LogP contribution in [0.2, 0.25) is 0 Å².